The van der Waals surface area contributed by atoms with Crippen molar-refractivity contribution in [3.05, 3.63) is 53.9 Å². The maximum Gasteiger partial charge on any atom is 0.141 e. The van der Waals surface area contributed by atoms with E-state index < -0.39 is 0 Å². The van der Waals surface area contributed by atoms with Gasteiger partial charge in [-0.1, -0.05) is 18.9 Å². The van der Waals surface area contributed by atoms with E-state index in [4.69, 9.17) is 15.9 Å². The van der Waals surface area contributed by atoms with Crippen molar-refractivity contribution in [3.63, 3.8) is 0 Å². The van der Waals surface area contributed by atoms with Crippen LogP contribution in [0, 0.1) is 19.3 Å². The van der Waals surface area contributed by atoms with Crippen molar-refractivity contribution in [2.45, 2.75) is 20.3 Å². The first-order valence-corrected chi connectivity index (χ1v) is 9.01. The zero-order valence-corrected chi connectivity index (χ0v) is 15.7. The summed E-state index contributed by atoms with van der Waals surface area (Å²) in [5.74, 6) is 4.18. The highest BCUT2D eigenvalue weighted by atomic mass is 16.5. The molecule has 0 spiro atoms. The summed E-state index contributed by atoms with van der Waals surface area (Å²) < 4.78 is 11.3. The molecule has 0 aliphatic carbocycles. The second-order valence-electron chi connectivity index (χ2n) is 6.17. The predicted octanol–water partition coefficient (Wildman–Crippen LogP) is 4.47. The molecule has 0 unspecified atom stereocenters. The number of nitrogens with one attached hydrogen (secondary N) is 1. The van der Waals surface area contributed by atoms with Gasteiger partial charge in [0.05, 0.1) is 12.1 Å². The molecule has 138 valence electrons. The normalized spacial score (nSPS) is 10.6. The molecule has 0 amide bonds. The molecule has 1 heterocycles. The fourth-order valence-electron chi connectivity index (χ4n) is 2.73. The maximum atomic E-state index is 5.85. The van der Waals surface area contributed by atoms with Gasteiger partial charge >= 0.3 is 0 Å². The van der Waals surface area contributed by atoms with Crippen molar-refractivity contribution in [2.75, 3.05) is 25.1 Å². The number of fused-ring (bicyclic) bond motifs is 1. The standard InChI is InChI=1S/C22H23N3O2/c1-4-9-26-10-11-27-21-14-20-19(12-16(21)3)22(24-15-23-20)25-18-8-6-7-17(5-2)13-18/h2,6-8,12-15H,4,9-11H2,1,3H3,(H,23,24,25). The lowest BCUT2D eigenvalue weighted by atomic mass is 10.1. The summed E-state index contributed by atoms with van der Waals surface area (Å²) in [4.78, 5) is 8.77. The predicted molar refractivity (Wildman–Crippen MR) is 109 cm³/mol. The lowest BCUT2D eigenvalue weighted by molar-refractivity contribution is 0.100. The van der Waals surface area contributed by atoms with Crippen molar-refractivity contribution in [2.24, 2.45) is 0 Å². The molecule has 5 nitrogen and oxygen atoms in total. The zero-order chi connectivity index (χ0) is 19.1. The van der Waals surface area contributed by atoms with Crippen LogP contribution < -0.4 is 10.1 Å². The van der Waals surface area contributed by atoms with E-state index in [9.17, 15) is 0 Å². The molecule has 0 fully saturated rings. The van der Waals surface area contributed by atoms with Gasteiger partial charge in [0.1, 0.15) is 24.5 Å². The van der Waals surface area contributed by atoms with Crippen molar-refractivity contribution in [1.29, 1.82) is 0 Å². The fourth-order valence-corrected chi connectivity index (χ4v) is 2.73. The summed E-state index contributed by atoms with van der Waals surface area (Å²) in [7, 11) is 0. The average Bonchev–Trinajstić information content (AvgIpc) is 2.69. The number of aryl methyl sites for hydroxylation is 1. The second-order valence-corrected chi connectivity index (χ2v) is 6.17. The Balaban J connectivity index is 1.81. The van der Waals surface area contributed by atoms with Crippen molar-refractivity contribution < 1.29 is 9.47 Å². The Hall–Kier alpha value is -3.10. The third-order valence-corrected chi connectivity index (χ3v) is 4.06. The van der Waals surface area contributed by atoms with Crippen LogP contribution in [-0.4, -0.2) is 29.8 Å². The average molecular weight is 361 g/mol. The number of hydrogen-bond donors (Lipinski definition) is 1. The summed E-state index contributed by atoms with van der Waals surface area (Å²) in [6.07, 6.45) is 8.03. The van der Waals surface area contributed by atoms with Gasteiger partial charge in [0.25, 0.3) is 0 Å². The van der Waals surface area contributed by atoms with Crippen LogP contribution in [0.15, 0.2) is 42.7 Å². The van der Waals surface area contributed by atoms with Gasteiger partial charge in [0.15, 0.2) is 0 Å². The van der Waals surface area contributed by atoms with Crippen LogP contribution in [0.1, 0.15) is 24.5 Å². The van der Waals surface area contributed by atoms with Crippen molar-refractivity contribution >= 4 is 22.4 Å². The van der Waals surface area contributed by atoms with Crippen LogP contribution in [0.3, 0.4) is 0 Å². The summed E-state index contributed by atoms with van der Waals surface area (Å²) >= 11 is 0. The van der Waals surface area contributed by atoms with Gasteiger partial charge in [0, 0.05) is 29.3 Å². The van der Waals surface area contributed by atoms with Crippen LogP contribution in [0.2, 0.25) is 0 Å². The molecule has 0 bridgehead atoms. The molecule has 1 aromatic heterocycles. The number of anilines is 2. The molecular weight excluding hydrogens is 338 g/mol. The SMILES string of the molecule is C#Cc1cccc(Nc2ncnc3cc(OCCOCCC)c(C)cc23)c1. The van der Waals surface area contributed by atoms with Gasteiger partial charge in [0.2, 0.25) is 0 Å². The molecule has 0 radical (unpaired) electrons. The van der Waals surface area contributed by atoms with Gasteiger partial charge in [-0.2, -0.15) is 0 Å². The van der Waals surface area contributed by atoms with Crippen molar-refractivity contribution in [1.82, 2.24) is 9.97 Å². The van der Waals surface area contributed by atoms with Gasteiger partial charge in [-0.25, -0.2) is 9.97 Å². The lowest BCUT2D eigenvalue weighted by Gasteiger charge is -2.13. The highest BCUT2D eigenvalue weighted by Gasteiger charge is 2.09. The van der Waals surface area contributed by atoms with Gasteiger partial charge in [-0.15, -0.1) is 6.42 Å². The molecule has 27 heavy (non-hydrogen) atoms. The lowest BCUT2D eigenvalue weighted by Crippen LogP contribution is -2.08. The molecule has 0 aliphatic heterocycles. The molecule has 1 N–H and O–H groups in total. The third kappa shape index (κ3) is 4.75. The summed E-state index contributed by atoms with van der Waals surface area (Å²) in [6.45, 7) is 5.94. The number of aromatic nitrogens is 2. The molecule has 0 saturated heterocycles. The Bertz CT molecular complexity index is 963. The van der Waals surface area contributed by atoms with E-state index >= 15 is 0 Å². The van der Waals surface area contributed by atoms with Gasteiger partial charge < -0.3 is 14.8 Å². The number of terminal acetylenes is 1. The first kappa shape index (κ1) is 18.7. The number of nitrogens with zero attached hydrogens (tertiary/aromatic N) is 2. The number of rotatable bonds is 8. The molecule has 0 saturated carbocycles. The Labute approximate surface area is 159 Å². The van der Waals surface area contributed by atoms with E-state index in [0.717, 1.165) is 52.3 Å². The Morgan fingerprint density at radius 1 is 1.11 bits per heavy atom. The Kier molecular flexibility index (Phi) is 6.24. The van der Waals surface area contributed by atoms with E-state index in [1.165, 1.54) is 0 Å². The number of ether oxygens (including phenoxy) is 2. The monoisotopic (exact) mass is 361 g/mol. The first-order chi connectivity index (χ1) is 13.2. The number of benzene rings is 2. The minimum Gasteiger partial charge on any atom is -0.491 e. The quantitative estimate of drug-likeness (QED) is 0.474. The molecule has 3 rings (SSSR count). The van der Waals surface area contributed by atoms with E-state index in [2.05, 4.69) is 28.1 Å². The van der Waals surface area contributed by atoms with E-state index in [0.29, 0.717) is 13.2 Å². The Morgan fingerprint density at radius 2 is 2.00 bits per heavy atom. The van der Waals surface area contributed by atoms with E-state index in [-0.39, 0.29) is 0 Å². The van der Waals surface area contributed by atoms with Gasteiger partial charge in [-0.05, 0) is 43.2 Å². The smallest absolute Gasteiger partial charge is 0.141 e. The van der Waals surface area contributed by atoms with Crippen LogP contribution in [0.5, 0.6) is 5.75 Å². The third-order valence-electron chi connectivity index (χ3n) is 4.06. The molecule has 0 aliphatic rings. The topological polar surface area (TPSA) is 56.3 Å². The summed E-state index contributed by atoms with van der Waals surface area (Å²) in [5, 5.41) is 4.25. The summed E-state index contributed by atoms with van der Waals surface area (Å²) in [6, 6.07) is 11.6. The van der Waals surface area contributed by atoms with E-state index in [1.807, 2.05) is 43.3 Å². The summed E-state index contributed by atoms with van der Waals surface area (Å²) in [5.41, 5.74) is 3.54. The first-order valence-electron chi connectivity index (χ1n) is 9.01. The zero-order valence-electron chi connectivity index (χ0n) is 15.7. The van der Waals surface area contributed by atoms with Crippen LogP contribution >= 0.6 is 0 Å². The minimum absolute atomic E-state index is 0.515. The second kappa shape index (κ2) is 9.02. The maximum absolute atomic E-state index is 5.85. The van der Waals surface area contributed by atoms with Crippen LogP contribution in [0.25, 0.3) is 10.9 Å². The van der Waals surface area contributed by atoms with Crippen LogP contribution in [-0.2, 0) is 4.74 Å². The molecule has 2 aromatic carbocycles. The highest BCUT2D eigenvalue weighted by molar-refractivity contribution is 5.92. The van der Waals surface area contributed by atoms with Crippen molar-refractivity contribution in [3.8, 4) is 18.1 Å². The number of hydrogen-bond acceptors (Lipinski definition) is 5. The van der Waals surface area contributed by atoms with E-state index in [1.54, 1.807) is 6.33 Å². The molecular formula is C22H23N3O2. The fraction of sp³-hybridized carbons (Fsp3) is 0.273. The largest absolute Gasteiger partial charge is 0.491 e. The highest BCUT2D eigenvalue weighted by Crippen LogP contribution is 2.29. The van der Waals surface area contributed by atoms with Gasteiger partial charge in [-0.3, -0.25) is 0 Å². The minimum atomic E-state index is 0.515. The molecule has 5 heteroatoms. The molecule has 3 aromatic rings. The molecule has 0 atom stereocenters. The Morgan fingerprint density at radius 3 is 2.81 bits per heavy atom. The van der Waals surface area contributed by atoms with Crippen LogP contribution in [0.4, 0.5) is 11.5 Å².